The van der Waals surface area contributed by atoms with Crippen LogP contribution in [-0.4, -0.2) is 46.7 Å². The summed E-state index contributed by atoms with van der Waals surface area (Å²) >= 11 is 0. The van der Waals surface area contributed by atoms with Gasteiger partial charge in [-0.05, 0) is 31.6 Å². The zero-order chi connectivity index (χ0) is 14.2. The first kappa shape index (κ1) is 14.1. The Morgan fingerprint density at radius 1 is 1.32 bits per heavy atom. The Bertz CT molecular complexity index is 404. The van der Waals surface area contributed by atoms with E-state index in [9.17, 15) is 19.8 Å². The molecule has 5 heteroatoms. The van der Waals surface area contributed by atoms with Crippen LogP contribution < -0.4 is 0 Å². The smallest absolute Gasteiger partial charge is 0.307 e. The molecule has 0 aromatic carbocycles. The molecule has 0 saturated heterocycles. The number of fused-ring (bicyclic) bond motifs is 2. The average molecular weight is 267 g/mol. The lowest BCUT2D eigenvalue weighted by atomic mass is 9.82. The van der Waals surface area contributed by atoms with Crippen molar-refractivity contribution >= 4 is 11.9 Å². The fraction of sp³-hybridized carbons (Fsp3) is 0.714. The lowest BCUT2D eigenvalue weighted by Crippen LogP contribution is -2.41. The Labute approximate surface area is 112 Å². The molecule has 0 radical (unpaired) electrons. The highest BCUT2D eigenvalue weighted by Gasteiger charge is 2.52. The monoisotopic (exact) mass is 267 g/mol. The van der Waals surface area contributed by atoms with Gasteiger partial charge in [0.25, 0.3) is 0 Å². The lowest BCUT2D eigenvalue weighted by molar-refractivity contribution is -0.150. The summed E-state index contributed by atoms with van der Waals surface area (Å²) in [6, 6.07) is 0. The molecule has 0 aliphatic heterocycles. The van der Waals surface area contributed by atoms with Crippen LogP contribution >= 0.6 is 0 Å². The summed E-state index contributed by atoms with van der Waals surface area (Å²) in [6.07, 6.45) is 4.75. The molecule has 1 fully saturated rings. The first-order valence-corrected chi connectivity index (χ1v) is 6.76. The van der Waals surface area contributed by atoms with Gasteiger partial charge in [0, 0.05) is 13.6 Å². The van der Waals surface area contributed by atoms with Gasteiger partial charge >= 0.3 is 5.97 Å². The van der Waals surface area contributed by atoms with Crippen molar-refractivity contribution in [3.05, 3.63) is 12.2 Å². The summed E-state index contributed by atoms with van der Waals surface area (Å²) in [5.74, 6) is -1.94. The van der Waals surface area contributed by atoms with Crippen LogP contribution in [0.25, 0.3) is 0 Å². The van der Waals surface area contributed by atoms with Crippen molar-refractivity contribution in [2.75, 3.05) is 13.6 Å². The minimum absolute atomic E-state index is 0.00150. The maximum atomic E-state index is 12.4. The third kappa shape index (κ3) is 2.66. The van der Waals surface area contributed by atoms with E-state index in [1.807, 2.05) is 12.2 Å². The van der Waals surface area contributed by atoms with Crippen molar-refractivity contribution in [3.8, 4) is 0 Å². The number of hydrogen-bond donors (Lipinski definition) is 2. The van der Waals surface area contributed by atoms with Gasteiger partial charge in [-0.3, -0.25) is 9.59 Å². The van der Waals surface area contributed by atoms with Gasteiger partial charge in [0.05, 0.1) is 17.9 Å². The molecule has 0 aromatic rings. The summed E-state index contributed by atoms with van der Waals surface area (Å²) in [4.78, 5) is 25.3. The van der Waals surface area contributed by atoms with Crippen molar-refractivity contribution in [3.63, 3.8) is 0 Å². The molecule has 0 heterocycles. The number of rotatable bonds is 5. The minimum Gasteiger partial charge on any atom is -0.481 e. The highest BCUT2D eigenvalue weighted by atomic mass is 16.4. The van der Waals surface area contributed by atoms with Crippen LogP contribution in [-0.2, 0) is 9.59 Å². The van der Waals surface area contributed by atoms with Gasteiger partial charge in [-0.2, -0.15) is 0 Å². The predicted octanol–water partition coefficient (Wildman–Crippen LogP) is 0.739. The van der Waals surface area contributed by atoms with Crippen LogP contribution in [0.2, 0.25) is 0 Å². The Balaban J connectivity index is 2.05. The average Bonchev–Trinajstić information content (AvgIpc) is 2.94. The lowest BCUT2D eigenvalue weighted by Gasteiger charge is -2.28. The summed E-state index contributed by atoms with van der Waals surface area (Å²) in [5, 5.41) is 18.6. The summed E-state index contributed by atoms with van der Waals surface area (Å²) in [5.41, 5.74) is 0. The molecule has 2 aliphatic rings. The van der Waals surface area contributed by atoms with E-state index in [0.29, 0.717) is 13.0 Å². The molecular weight excluding hydrogens is 246 g/mol. The largest absolute Gasteiger partial charge is 0.481 e. The first-order valence-electron chi connectivity index (χ1n) is 6.76. The maximum absolute atomic E-state index is 12.4. The summed E-state index contributed by atoms with van der Waals surface area (Å²) < 4.78 is 0. The Morgan fingerprint density at radius 3 is 2.42 bits per heavy atom. The normalized spacial score (nSPS) is 33.4. The molecular formula is C14H21NO4. The summed E-state index contributed by atoms with van der Waals surface area (Å²) in [7, 11) is 1.68. The predicted molar refractivity (Wildman–Crippen MR) is 69.3 cm³/mol. The van der Waals surface area contributed by atoms with E-state index in [2.05, 4.69) is 0 Å². The van der Waals surface area contributed by atoms with Gasteiger partial charge < -0.3 is 15.1 Å². The molecule has 2 aliphatic carbocycles. The summed E-state index contributed by atoms with van der Waals surface area (Å²) in [6.45, 7) is 2.14. The van der Waals surface area contributed by atoms with Gasteiger partial charge in [0.1, 0.15) is 0 Å². The van der Waals surface area contributed by atoms with E-state index in [0.717, 1.165) is 6.42 Å². The molecule has 2 N–H and O–H groups in total. The minimum atomic E-state index is -0.876. The second-order valence-corrected chi connectivity index (χ2v) is 5.74. The first-order chi connectivity index (χ1) is 8.91. The van der Waals surface area contributed by atoms with Gasteiger partial charge in [-0.15, -0.1) is 0 Å². The standard InChI is InChI=1S/C14H21NO4/c1-8(16)5-6-15(2)13(17)11-9-3-4-10(7-9)12(11)14(18)19/h3-4,8-12,16H,5-7H2,1-2H3,(H,18,19)/t8?,9?,10?,11-,12+/m0/s1. The zero-order valence-corrected chi connectivity index (χ0v) is 11.3. The Hall–Kier alpha value is -1.36. The van der Waals surface area contributed by atoms with Crippen LogP contribution in [0.4, 0.5) is 0 Å². The van der Waals surface area contributed by atoms with Crippen LogP contribution in [0.5, 0.6) is 0 Å². The number of amides is 1. The molecule has 5 nitrogen and oxygen atoms in total. The van der Waals surface area contributed by atoms with Gasteiger partial charge in [-0.1, -0.05) is 12.2 Å². The van der Waals surface area contributed by atoms with E-state index in [1.54, 1.807) is 18.9 Å². The van der Waals surface area contributed by atoms with Crippen molar-refractivity contribution < 1.29 is 19.8 Å². The number of carbonyl (C=O) groups excluding carboxylic acids is 1. The number of aliphatic carboxylic acids is 1. The van der Waals surface area contributed by atoms with E-state index in [4.69, 9.17) is 0 Å². The number of nitrogens with zero attached hydrogens (tertiary/aromatic N) is 1. The second kappa shape index (κ2) is 5.33. The van der Waals surface area contributed by atoms with Crippen molar-refractivity contribution in [1.29, 1.82) is 0 Å². The van der Waals surface area contributed by atoms with E-state index in [1.165, 1.54) is 0 Å². The molecule has 1 amide bonds. The molecule has 2 rings (SSSR count). The third-order valence-corrected chi connectivity index (χ3v) is 4.29. The van der Waals surface area contributed by atoms with Gasteiger partial charge in [0.2, 0.25) is 5.91 Å². The fourth-order valence-electron chi connectivity index (χ4n) is 3.24. The second-order valence-electron chi connectivity index (χ2n) is 5.74. The number of carbonyl (C=O) groups is 2. The highest BCUT2D eigenvalue weighted by Crippen LogP contribution is 2.48. The molecule has 3 unspecified atom stereocenters. The van der Waals surface area contributed by atoms with E-state index < -0.39 is 23.9 Å². The highest BCUT2D eigenvalue weighted by molar-refractivity contribution is 5.86. The molecule has 5 atom stereocenters. The Kier molecular flexibility index (Phi) is 3.94. The van der Waals surface area contributed by atoms with Gasteiger partial charge in [-0.25, -0.2) is 0 Å². The molecule has 2 bridgehead atoms. The van der Waals surface area contributed by atoms with Gasteiger partial charge in [0.15, 0.2) is 0 Å². The van der Waals surface area contributed by atoms with Crippen LogP contribution in [0, 0.1) is 23.7 Å². The molecule has 1 saturated carbocycles. The third-order valence-electron chi connectivity index (χ3n) is 4.29. The fourth-order valence-corrected chi connectivity index (χ4v) is 3.24. The quantitative estimate of drug-likeness (QED) is 0.720. The number of allylic oxidation sites excluding steroid dienone is 2. The molecule has 0 spiro atoms. The van der Waals surface area contributed by atoms with Crippen molar-refractivity contribution in [2.45, 2.75) is 25.9 Å². The number of hydrogen-bond acceptors (Lipinski definition) is 3. The molecule has 106 valence electrons. The number of carboxylic acid groups (broad SMARTS) is 1. The maximum Gasteiger partial charge on any atom is 0.307 e. The molecule has 19 heavy (non-hydrogen) atoms. The Morgan fingerprint density at radius 2 is 1.89 bits per heavy atom. The number of aliphatic hydroxyl groups is 1. The number of aliphatic hydroxyl groups excluding tert-OH is 1. The topological polar surface area (TPSA) is 77.8 Å². The van der Waals surface area contributed by atoms with Crippen LogP contribution in [0.15, 0.2) is 12.2 Å². The van der Waals surface area contributed by atoms with Crippen LogP contribution in [0.1, 0.15) is 19.8 Å². The van der Waals surface area contributed by atoms with Crippen LogP contribution in [0.3, 0.4) is 0 Å². The van der Waals surface area contributed by atoms with Crippen molar-refractivity contribution in [1.82, 2.24) is 4.90 Å². The van der Waals surface area contributed by atoms with E-state index in [-0.39, 0.29) is 17.7 Å². The number of carboxylic acids is 1. The van der Waals surface area contributed by atoms with Crippen molar-refractivity contribution in [2.24, 2.45) is 23.7 Å². The zero-order valence-electron chi connectivity index (χ0n) is 11.3. The SMILES string of the molecule is CC(O)CCN(C)C(=O)[C@H]1C2C=CC(C2)[C@H]1C(=O)O. The van der Waals surface area contributed by atoms with E-state index >= 15 is 0 Å². The molecule has 0 aromatic heterocycles.